The third kappa shape index (κ3) is 7.82. The quantitative estimate of drug-likeness (QED) is 0.330. The van der Waals surface area contributed by atoms with E-state index in [9.17, 15) is 22.6 Å². The number of rotatable bonds is 7. The minimum atomic E-state index is -4.90. The molecule has 0 aliphatic rings. The van der Waals surface area contributed by atoms with E-state index in [1.165, 1.54) is 4.72 Å². The molecule has 5 N–H and O–H groups in total. The average molecular weight is 291 g/mol. The van der Waals surface area contributed by atoms with E-state index >= 15 is 0 Å². The molecule has 0 aromatic rings. The molecule has 0 aromatic heterocycles. The highest BCUT2D eigenvalue weighted by Gasteiger charge is 2.31. The molecule has 0 amide bonds. The second kappa shape index (κ2) is 5.56. The van der Waals surface area contributed by atoms with Crippen molar-refractivity contribution in [3.05, 3.63) is 0 Å². The number of carbonyl (C=O) groups is 2. The van der Waals surface area contributed by atoms with Crippen LogP contribution in [0.3, 0.4) is 0 Å². The van der Waals surface area contributed by atoms with Gasteiger partial charge in [0.05, 0.1) is 6.42 Å². The maximum absolute atomic E-state index is 11.1. The summed E-state index contributed by atoms with van der Waals surface area (Å²) in [5.41, 5.74) is -1.61. The van der Waals surface area contributed by atoms with Crippen LogP contribution >= 0.6 is 7.60 Å². The van der Waals surface area contributed by atoms with Crippen LogP contribution in [0, 0.1) is 0 Å². The van der Waals surface area contributed by atoms with E-state index in [1.807, 2.05) is 0 Å². The highest BCUT2D eigenvalue weighted by molar-refractivity contribution is 7.95. The van der Waals surface area contributed by atoms with Crippen LogP contribution < -0.4 is 4.72 Å². The van der Waals surface area contributed by atoms with Crippen LogP contribution in [-0.2, 0) is 24.2 Å². The molecule has 0 bridgehead atoms. The summed E-state index contributed by atoms with van der Waals surface area (Å²) in [6, 6.07) is -1.98. The second-order valence-corrected chi connectivity index (χ2v) is 6.84. The minimum absolute atomic E-state index is 1.05. The first kappa shape index (κ1) is 16.0. The van der Waals surface area contributed by atoms with Gasteiger partial charge in [0, 0.05) is 0 Å². The zero-order valence-electron chi connectivity index (χ0n) is 8.18. The van der Waals surface area contributed by atoms with Crippen molar-refractivity contribution in [2.75, 3.05) is 5.49 Å². The Hall–Kier alpha value is -1.00. The molecule has 0 rings (SSSR count). The molecule has 0 saturated carbocycles. The van der Waals surface area contributed by atoms with Crippen molar-refractivity contribution in [3.63, 3.8) is 0 Å². The third-order valence-corrected chi connectivity index (χ3v) is 4.69. The molecule has 0 aliphatic heterocycles. The second-order valence-electron chi connectivity index (χ2n) is 3.02. The van der Waals surface area contributed by atoms with Gasteiger partial charge in [0.15, 0.2) is 5.49 Å². The standard InChI is InChI=1S/C5H10NO9PS/c7-4(8)1-3(5(9)10)6-17(14,15)2-16(11,12)13/h3,6H,1-2H2,(H,7,8)(H,9,10)(H2,11,12,13). The predicted octanol–water partition coefficient (Wildman–Crippen LogP) is -2.03. The lowest BCUT2D eigenvalue weighted by molar-refractivity contribution is -0.145. The Kier molecular flexibility index (Phi) is 5.23. The molecule has 17 heavy (non-hydrogen) atoms. The summed E-state index contributed by atoms with van der Waals surface area (Å²) in [5, 5.41) is 16.8. The molecule has 1 atom stereocenters. The largest absolute Gasteiger partial charge is 0.481 e. The fourth-order valence-corrected chi connectivity index (χ4v) is 3.52. The van der Waals surface area contributed by atoms with Crippen LogP contribution in [0.5, 0.6) is 0 Å². The first-order valence-corrected chi connectivity index (χ1v) is 7.37. The van der Waals surface area contributed by atoms with E-state index in [1.54, 1.807) is 0 Å². The number of carboxylic acids is 2. The molecule has 0 saturated heterocycles. The molecule has 0 heterocycles. The van der Waals surface area contributed by atoms with Crippen LogP contribution in [-0.4, -0.2) is 51.9 Å². The summed E-state index contributed by atoms with van der Waals surface area (Å²) < 4.78 is 34.0. The molecule has 0 spiro atoms. The normalized spacial score (nSPS) is 14.2. The van der Waals surface area contributed by atoms with Gasteiger partial charge in [-0.1, -0.05) is 0 Å². The van der Waals surface area contributed by atoms with Gasteiger partial charge in [0.2, 0.25) is 10.0 Å². The summed E-state index contributed by atoms with van der Waals surface area (Å²) in [4.78, 5) is 37.6. The number of aliphatic carboxylic acids is 2. The highest BCUT2D eigenvalue weighted by Crippen LogP contribution is 2.35. The summed E-state index contributed by atoms with van der Waals surface area (Å²) in [6.07, 6.45) is -1.05. The molecule has 12 heteroatoms. The molecule has 0 aliphatic carbocycles. The van der Waals surface area contributed by atoms with Crippen molar-refractivity contribution in [3.8, 4) is 0 Å². The maximum Gasteiger partial charge on any atom is 0.341 e. The van der Waals surface area contributed by atoms with Crippen molar-refractivity contribution in [1.82, 2.24) is 4.72 Å². The van der Waals surface area contributed by atoms with Gasteiger partial charge in [-0.05, 0) is 0 Å². The number of sulfonamides is 1. The Morgan fingerprint density at radius 1 is 1.24 bits per heavy atom. The summed E-state index contributed by atoms with van der Waals surface area (Å²) in [5.74, 6) is -3.34. The maximum atomic E-state index is 11.1. The van der Waals surface area contributed by atoms with Gasteiger partial charge in [-0.2, -0.15) is 4.72 Å². The number of hydrogen-bond acceptors (Lipinski definition) is 5. The Bertz CT molecular complexity index is 450. The fourth-order valence-electron chi connectivity index (χ4n) is 0.829. The topological polar surface area (TPSA) is 178 Å². The van der Waals surface area contributed by atoms with Crippen molar-refractivity contribution >= 4 is 29.6 Å². The summed E-state index contributed by atoms with van der Waals surface area (Å²) >= 11 is 0. The monoisotopic (exact) mass is 291 g/mol. The molecule has 0 aromatic carbocycles. The van der Waals surface area contributed by atoms with E-state index < -0.39 is 47.5 Å². The zero-order chi connectivity index (χ0) is 13.9. The smallest absolute Gasteiger partial charge is 0.341 e. The minimum Gasteiger partial charge on any atom is -0.481 e. The van der Waals surface area contributed by atoms with E-state index in [0.29, 0.717) is 0 Å². The first-order chi connectivity index (χ1) is 7.43. The van der Waals surface area contributed by atoms with Gasteiger partial charge in [0.1, 0.15) is 6.04 Å². The molecular weight excluding hydrogens is 281 g/mol. The predicted molar refractivity (Wildman–Crippen MR) is 52.6 cm³/mol. The third-order valence-electron chi connectivity index (χ3n) is 1.34. The molecule has 100 valence electrons. The summed E-state index contributed by atoms with van der Waals surface area (Å²) in [7, 11) is -9.49. The lowest BCUT2D eigenvalue weighted by Crippen LogP contribution is -2.43. The Balaban J connectivity index is 4.82. The lowest BCUT2D eigenvalue weighted by Gasteiger charge is -2.13. The Morgan fingerprint density at radius 2 is 1.71 bits per heavy atom. The molecule has 10 nitrogen and oxygen atoms in total. The van der Waals surface area contributed by atoms with Gasteiger partial charge in [0.25, 0.3) is 0 Å². The van der Waals surface area contributed by atoms with Gasteiger partial charge in [-0.3, -0.25) is 14.2 Å². The molecule has 0 fully saturated rings. The van der Waals surface area contributed by atoms with E-state index in [2.05, 4.69) is 0 Å². The van der Waals surface area contributed by atoms with Gasteiger partial charge >= 0.3 is 19.5 Å². The number of carboxylic acid groups (broad SMARTS) is 2. The number of nitrogens with one attached hydrogen (secondary N) is 1. The van der Waals surface area contributed by atoms with Crippen LogP contribution in [0.25, 0.3) is 0 Å². The zero-order valence-corrected chi connectivity index (χ0v) is 9.89. The summed E-state index contributed by atoms with van der Waals surface area (Å²) in [6.45, 7) is 0. The SMILES string of the molecule is O=C(O)CC(NS(=O)(=O)CP(=O)(O)O)C(=O)O. The molecule has 1 unspecified atom stereocenters. The van der Waals surface area contributed by atoms with Crippen LogP contribution in [0.15, 0.2) is 0 Å². The highest BCUT2D eigenvalue weighted by atomic mass is 32.2. The van der Waals surface area contributed by atoms with Gasteiger partial charge in [-0.25, -0.2) is 8.42 Å². The van der Waals surface area contributed by atoms with E-state index in [-0.39, 0.29) is 0 Å². The number of hydrogen-bond donors (Lipinski definition) is 5. The Labute approximate surface area is 95.5 Å². The molecule has 0 radical (unpaired) electrons. The molecular formula is C5H10NO9PS. The van der Waals surface area contributed by atoms with Crippen molar-refractivity contribution in [2.45, 2.75) is 12.5 Å². The Morgan fingerprint density at radius 3 is 2.00 bits per heavy atom. The van der Waals surface area contributed by atoms with Crippen LogP contribution in [0.2, 0.25) is 0 Å². The van der Waals surface area contributed by atoms with Crippen molar-refractivity contribution in [1.29, 1.82) is 0 Å². The van der Waals surface area contributed by atoms with Crippen molar-refractivity contribution in [2.24, 2.45) is 0 Å². The first-order valence-electron chi connectivity index (χ1n) is 3.92. The van der Waals surface area contributed by atoms with E-state index in [0.717, 1.165) is 0 Å². The van der Waals surface area contributed by atoms with Crippen LogP contribution in [0.4, 0.5) is 0 Å². The van der Waals surface area contributed by atoms with Crippen LogP contribution in [0.1, 0.15) is 6.42 Å². The lowest BCUT2D eigenvalue weighted by atomic mass is 10.2. The van der Waals surface area contributed by atoms with Crippen molar-refractivity contribution < 1.29 is 42.6 Å². The van der Waals surface area contributed by atoms with Gasteiger partial charge < -0.3 is 20.0 Å². The fraction of sp³-hybridized carbons (Fsp3) is 0.600. The van der Waals surface area contributed by atoms with Gasteiger partial charge in [-0.15, -0.1) is 0 Å². The van der Waals surface area contributed by atoms with E-state index in [4.69, 9.17) is 20.0 Å². The average Bonchev–Trinajstić information content (AvgIpc) is 1.95.